The molecule has 1 aromatic rings. The summed E-state index contributed by atoms with van der Waals surface area (Å²) in [6.07, 6.45) is 5.94. The van der Waals surface area contributed by atoms with Crippen LogP contribution in [0.5, 0.6) is 5.75 Å². The zero-order valence-corrected chi connectivity index (χ0v) is 15.3. The molecule has 1 aliphatic carbocycles. The van der Waals surface area contributed by atoms with Crippen LogP contribution < -0.4 is 4.74 Å². The summed E-state index contributed by atoms with van der Waals surface area (Å²) in [7, 11) is 0. The predicted molar refractivity (Wildman–Crippen MR) is 90.2 cm³/mol. The molecule has 1 fully saturated rings. The van der Waals surface area contributed by atoms with Crippen LogP contribution in [-0.2, 0) is 6.42 Å². The summed E-state index contributed by atoms with van der Waals surface area (Å²) in [6, 6.07) is 8.57. The minimum absolute atomic E-state index is 0.451. The molecule has 0 N–H and O–H groups in total. The van der Waals surface area contributed by atoms with Crippen LogP contribution in [0.2, 0.25) is 10.1 Å². The second-order valence-electron chi connectivity index (χ2n) is 7.25. The standard InChI is InChI=1S/C19H28OSe/c1-13(2)17-9-8-14(3)10-19(17)21-12-16-11-15-6-4-5-7-18(15)20-16/h4-7,13-14,16-17,19H,8-12H2,1-3H3/t14-,16?,17+,19-/m1/s1. The van der Waals surface area contributed by atoms with E-state index in [2.05, 4.69) is 45.0 Å². The first-order chi connectivity index (χ1) is 10.1. The van der Waals surface area contributed by atoms with Crippen molar-refractivity contribution in [2.75, 3.05) is 0 Å². The van der Waals surface area contributed by atoms with Gasteiger partial charge in [0.15, 0.2) is 0 Å². The Morgan fingerprint density at radius 3 is 2.81 bits per heavy atom. The Balaban J connectivity index is 1.55. The molecule has 0 spiro atoms. The summed E-state index contributed by atoms with van der Waals surface area (Å²) in [4.78, 5) is 0.980. The van der Waals surface area contributed by atoms with E-state index in [-0.39, 0.29) is 0 Å². The Morgan fingerprint density at radius 1 is 1.24 bits per heavy atom. The number of benzene rings is 1. The summed E-state index contributed by atoms with van der Waals surface area (Å²) < 4.78 is 6.14. The van der Waals surface area contributed by atoms with Gasteiger partial charge in [-0.25, -0.2) is 0 Å². The van der Waals surface area contributed by atoms with Gasteiger partial charge in [0.1, 0.15) is 0 Å². The number of rotatable bonds is 4. The van der Waals surface area contributed by atoms with Crippen LogP contribution in [0, 0.1) is 17.8 Å². The average molecular weight is 351 g/mol. The normalized spacial score (nSPS) is 32.0. The van der Waals surface area contributed by atoms with Gasteiger partial charge in [0.05, 0.1) is 0 Å². The molecule has 116 valence electrons. The van der Waals surface area contributed by atoms with Crippen molar-refractivity contribution in [3.63, 3.8) is 0 Å². The molecule has 1 nitrogen and oxygen atoms in total. The van der Waals surface area contributed by atoms with Crippen molar-refractivity contribution in [3.05, 3.63) is 29.8 Å². The topological polar surface area (TPSA) is 9.23 Å². The van der Waals surface area contributed by atoms with Gasteiger partial charge in [-0.1, -0.05) is 0 Å². The van der Waals surface area contributed by atoms with Crippen LogP contribution in [0.25, 0.3) is 0 Å². The van der Waals surface area contributed by atoms with Gasteiger partial charge in [-0.05, 0) is 0 Å². The second-order valence-corrected chi connectivity index (χ2v) is 9.92. The van der Waals surface area contributed by atoms with Crippen molar-refractivity contribution in [1.82, 2.24) is 0 Å². The molecule has 1 saturated carbocycles. The van der Waals surface area contributed by atoms with Gasteiger partial charge in [0, 0.05) is 0 Å². The molecule has 2 aliphatic rings. The van der Waals surface area contributed by atoms with Gasteiger partial charge in [0.25, 0.3) is 0 Å². The first-order valence-corrected chi connectivity index (χ1v) is 10.7. The fourth-order valence-electron chi connectivity index (χ4n) is 3.88. The average Bonchev–Trinajstić information content (AvgIpc) is 2.87. The van der Waals surface area contributed by atoms with E-state index >= 15 is 0 Å². The van der Waals surface area contributed by atoms with E-state index in [0.717, 1.165) is 49.7 Å². The first kappa shape index (κ1) is 15.4. The van der Waals surface area contributed by atoms with Crippen molar-refractivity contribution in [1.29, 1.82) is 0 Å². The van der Waals surface area contributed by atoms with Gasteiger partial charge in [-0.3, -0.25) is 0 Å². The molecule has 3 rings (SSSR count). The van der Waals surface area contributed by atoms with Gasteiger partial charge in [-0.2, -0.15) is 0 Å². The Kier molecular flexibility index (Phi) is 4.96. The summed E-state index contributed by atoms with van der Waals surface area (Å²) in [6.45, 7) is 7.29. The van der Waals surface area contributed by atoms with E-state index in [1.807, 2.05) is 0 Å². The van der Waals surface area contributed by atoms with E-state index in [0.29, 0.717) is 6.10 Å². The van der Waals surface area contributed by atoms with E-state index in [9.17, 15) is 0 Å². The third kappa shape index (κ3) is 3.66. The number of ether oxygens (including phenoxy) is 1. The summed E-state index contributed by atoms with van der Waals surface area (Å²) >= 11 is 0.732. The number of para-hydroxylation sites is 1. The number of fused-ring (bicyclic) bond motifs is 1. The third-order valence-electron chi connectivity index (χ3n) is 5.17. The molecule has 1 unspecified atom stereocenters. The molecule has 1 heterocycles. The van der Waals surface area contributed by atoms with Crippen LogP contribution >= 0.6 is 0 Å². The van der Waals surface area contributed by atoms with Gasteiger partial charge < -0.3 is 0 Å². The molecule has 0 saturated heterocycles. The second kappa shape index (κ2) is 6.75. The Labute approximate surface area is 136 Å². The molecule has 2 heteroatoms. The quantitative estimate of drug-likeness (QED) is 0.694. The molecule has 1 aliphatic heterocycles. The van der Waals surface area contributed by atoms with Gasteiger partial charge >= 0.3 is 136 Å². The van der Waals surface area contributed by atoms with Crippen molar-refractivity contribution in [2.45, 2.75) is 62.7 Å². The van der Waals surface area contributed by atoms with Gasteiger partial charge in [0.2, 0.25) is 0 Å². The van der Waals surface area contributed by atoms with E-state index in [4.69, 9.17) is 4.74 Å². The molecule has 4 atom stereocenters. The summed E-state index contributed by atoms with van der Waals surface area (Å²) in [5.41, 5.74) is 1.41. The molecule has 0 amide bonds. The van der Waals surface area contributed by atoms with Crippen LogP contribution in [0.3, 0.4) is 0 Å². The van der Waals surface area contributed by atoms with Gasteiger partial charge in [-0.15, -0.1) is 0 Å². The molecular formula is C19H28OSe. The molecule has 0 bridgehead atoms. The SMILES string of the molecule is CC(C)[C@@H]1CC[C@@H](C)C[C@H]1[Se]CC1Cc2ccccc2O1. The molecule has 21 heavy (non-hydrogen) atoms. The third-order valence-corrected chi connectivity index (χ3v) is 8.39. The fraction of sp³-hybridized carbons (Fsp3) is 0.684. The number of hydrogen-bond donors (Lipinski definition) is 0. The predicted octanol–water partition coefficient (Wildman–Crippen LogP) is 4.99. The Morgan fingerprint density at radius 2 is 2.05 bits per heavy atom. The zero-order chi connectivity index (χ0) is 14.8. The summed E-state index contributed by atoms with van der Waals surface area (Å²) in [5.74, 6) is 3.89. The zero-order valence-electron chi connectivity index (χ0n) is 13.5. The summed E-state index contributed by atoms with van der Waals surface area (Å²) in [5, 5.41) is 1.29. The Bertz CT molecular complexity index is 445. The van der Waals surface area contributed by atoms with E-state index < -0.39 is 0 Å². The fourth-order valence-corrected chi connectivity index (χ4v) is 7.68. The van der Waals surface area contributed by atoms with Crippen LogP contribution in [-0.4, -0.2) is 21.1 Å². The first-order valence-electron chi connectivity index (χ1n) is 8.49. The number of hydrogen-bond acceptors (Lipinski definition) is 1. The van der Waals surface area contributed by atoms with Crippen molar-refractivity contribution in [3.8, 4) is 5.75 Å². The monoisotopic (exact) mass is 352 g/mol. The molecule has 0 radical (unpaired) electrons. The maximum absolute atomic E-state index is 6.14. The van der Waals surface area contributed by atoms with E-state index in [1.165, 1.54) is 30.1 Å². The molecule has 0 aromatic heterocycles. The van der Waals surface area contributed by atoms with Crippen LogP contribution in [0.4, 0.5) is 0 Å². The van der Waals surface area contributed by atoms with E-state index in [1.54, 1.807) is 0 Å². The van der Waals surface area contributed by atoms with Crippen molar-refractivity contribution >= 4 is 15.0 Å². The Hall–Kier alpha value is -0.461. The van der Waals surface area contributed by atoms with Crippen LogP contribution in [0.15, 0.2) is 24.3 Å². The molecular weight excluding hydrogens is 323 g/mol. The minimum atomic E-state index is 0.451. The van der Waals surface area contributed by atoms with Crippen molar-refractivity contribution < 1.29 is 4.74 Å². The maximum atomic E-state index is 6.14. The van der Waals surface area contributed by atoms with Crippen LogP contribution in [0.1, 0.15) is 45.6 Å². The molecule has 1 aromatic carbocycles. The van der Waals surface area contributed by atoms with Crippen molar-refractivity contribution in [2.24, 2.45) is 17.8 Å².